The Hall–Kier alpha value is -6.90. The fourth-order valence-electron chi connectivity index (χ4n) is 14.9. The molecule has 5 aliphatic rings. The number of phenols is 1. The van der Waals surface area contributed by atoms with Gasteiger partial charge in [-0.3, -0.25) is 9.59 Å². The summed E-state index contributed by atoms with van der Waals surface area (Å²) < 4.78 is 5.60. The number of ketones is 2. The molecule has 10 heteroatoms. The molecule has 5 aromatic carbocycles. The lowest BCUT2D eigenvalue weighted by molar-refractivity contribution is -0.130. The van der Waals surface area contributed by atoms with Crippen molar-refractivity contribution in [3.8, 4) is 23.3 Å². The number of phenolic OH excluding ortho intramolecular Hbond substituents is 1. The van der Waals surface area contributed by atoms with Crippen LogP contribution in [0.4, 0.5) is 5.69 Å². The molecule has 3 aliphatic carbocycles. The predicted molar refractivity (Wildman–Crippen MR) is 328 cm³/mol. The van der Waals surface area contributed by atoms with Crippen LogP contribution in [0.2, 0.25) is 0 Å². The van der Waals surface area contributed by atoms with Crippen LogP contribution in [0.1, 0.15) is 154 Å². The summed E-state index contributed by atoms with van der Waals surface area (Å²) >= 11 is 0. The van der Waals surface area contributed by atoms with Crippen LogP contribution in [0.3, 0.4) is 0 Å². The van der Waals surface area contributed by atoms with Crippen molar-refractivity contribution in [3.63, 3.8) is 0 Å². The summed E-state index contributed by atoms with van der Waals surface area (Å²) in [6.07, 6.45) is 16.5. The molecule has 428 valence electrons. The molecule has 1 aromatic heterocycles. The summed E-state index contributed by atoms with van der Waals surface area (Å²) in [5.41, 5.74) is 10.2. The summed E-state index contributed by atoms with van der Waals surface area (Å²) in [7, 11) is 1.53. The summed E-state index contributed by atoms with van der Waals surface area (Å²) in [6.45, 7) is 6.26. The standard InChI is InChI=1S/C72H84N4O6/c1-4-14-62-56-33-50(32-53-22-24-61(51-17-10-6-11-18-51)63-42-67(80)68(82-3)39-54(63)21-23-59(77)41-66(79)64(53)37-56)29-49-25-28-74-70(35-49)76-65-38-55-31-48(19-20-52(55)36-57(65)30-47-15-8-5-9-16-47)34-60(78)45-73-43-46(2)58-40-69(75-44-58)72(71(62)81)26-12-7-13-27-72/h5-6,8-11,15-20,25,31,35-36,38-40,42,44,46,50,53,56,60-62,64,71,73-76,78,80-81H,4,7,12-14,21,23,26-30,32-34,37,41,43,45H2,1-3H3/t46-,50+,53+,56+,60-,61+,62+,64-,71+/m0/s1. The molecule has 0 saturated heterocycles. The second kappa shape index (κ2) is 25.7. The minimum Gasteiger partial charge on any atom is -0.504 e. The highest BCUT2D eigenvalue weighted by Gasteiger charge is 2.49. The molecule has 2 aliphatic heterocycles. The lowest BCUT2D eigenvalue weighted by Gasteiger charge is -2.46. The van der Waals surface area contributed by atoms with Crippen molar-refractivity contribution in [1.82, 2.24) is 15.6 Å². The number of Topliss-reactive ketones (excluding diaryl/α,β-unsaturated/α-hetero) is 2. The number of anilines is 1. The van der Waals surface area contributed by atoms with Gasteiger partial charge < -0.3 is 41.0 Å². The number of hydrogen-bond acceptors (Lipinski definition) is 9. The van der Waals surface area contributed by atoms with Gasteiger partial charge in [0.05, 0.1) is 31.7 Å². The number of carbonyl (C=O) groups excluding carboxylic acids is 2. The van der Waals surface area contributed by atoms with E-state index < -0.39 is 29.5 Å². The van der Waals surface area contributed by atoms with Gasteiger partial charge >= 0.3 is 0 Å². The van der Waals surface area contributed by atoms with Crippen LogP contribution in [-0.4, -0.2) is 70.8 Å². The molecule has 0 amide bonds. The molecule has 2 saturated carbocycles. The number of carbonyl (C=O) groups is 2. The monoisotopic (exact) mass is 1100 g/mol. The zero-order chi connectivity index (χ0) is 56.7. The number of aromatic amines is 1. The highest BCUT2D eigenvalue weighted by molar-refractivity contribution is 6.00. The van der Waals surface area contributed by atoms with Crippen molar-refractivity contribution in [1.29, 1.82) is 0 Å². The van der Waals surface area contributed by atoms with Gasteiger partial charge in [-0.1, -0.05) is 136 Å². The molecule has 10 nitrogen and oxygen atoms in total. The first-order valence-electron chi connectivity index (χ1n) is 30.7. The van der Waals surface area contributed by atoms with Gasteiger partial charge in [0, 0.05) is 60.9 Å². The van der Waals surface area contributed by atoms with E-state index >= 15 is 4.79 Å². The number of fused-ring (bicyclic) bond motifs is 10. The third-order valence-corrected chi connectivity index (χ3v) is 19.2. The van der Waals surface area contributed by atoms with Gasteiger partial charge in [0.15, 0.2) is 11.5 Å². The maximum absolute atomic E-state index is 15.3. The average molecular weight is 1100 g/mol. The van der Waals surface area contributed by atoms with Crippen molar-refractivity contribution in [2.75, 3.05) is 32.1 Å². The molecule has 9 atom stereocenters. The normalized spacial score (nSPS) is 26.3. The molecule has 82 heavy (non-hydrogen) atoms. The number of nitrogens with one attached hydrogen (secondary N) is 4. The maximum atomic E-state index is 15.3. The molecule has 0 radical (unpaired) electrons. The zero-order valence-corrected chi connectivity index (χ0v) is 48.3. The van der Waals surface area contributed by atoms with E-state index in [9.17, 15) is 20.1 Å². The number of aliphatic hydroxyl groups excluding tert-OH is 2. The van der Waals surface area contributed by atoms with Gasteiger partial charge in [-0.25, -0.2) is 0 Å². The average Bonchev–Trinajstić information content (AvgIpc) is 3.70. The van der Waals surface area contributed by atoms with E-state index in [1.54, 1.807) is 6.07 Å². The number of methoxy groups -OCH3 is 1. The first-order chi connectivity index (χ1) is 39.9. The number of rotatable bonds is 6. The SMILES string of the molecule is CCC[C@@H]1[C@@H]2C[C@H](CC3=CCNC(=C3)Nc3cc4cc(ccc4cc3Cc3ccccc3)C[C@H](O)CNC[C@H](C)c3c[nH]c(c3)C3(CCCCC3)[C@@H]1O)C[C@H]1C#C[C@H](c3ccccc3)c3cc(O)c(OC)cc3CCC(=O)CC(=O)[C@H]1C2. The van der Waals surface area contributed by atoms with Crippen LogP contribution < -0.4 is 20.7 Å². The van der Waals surface area contributed by atoms with Gasteiger partial charge in [-0.15, -0.1) is 0 Å². The number of ether oxygens (including phenoxy) is 1. The lowest BCUT2D eigenvalue weighted by atomic mass is 9.61. The Bertz CT molecular complexity index is 3340. The molecule has 7 N–H and O–H groups in total. The Labute approximate surface area is 485 Å². The number of aromatic nitrogens is 1. The largest absolute Gasteiger partial charge is 0.504 e. The molecular weight excluding hydrogens is 1020 g/mol. The van der Waals surface area contributed by atoms with E-state index in [-0.39, 0.29) is 59.7 Å². The number of allylic oxidation sites excluding steroid dienone is 2. The summed E-state index contributed by atoms with van der Waals surface area (Å²) in [5.74, 6) is 7.54. The van der Waals surface area contributed by atoms with Gasteiger partial charge in [-0.2, -0.15) is 0 Å². The lowest BCUT2D eigenvalue weighted by Crippen LogP contribution is -2.48. The predicted octanol–water partition coefficient (Wildman–Crippen LogP) is 12.9. The number of β-amino-alcohol motifs (C(OH)–C–C–N with tert-alkyl or cyclic N) is 1. The van der Waals surface area contributed by atoms with Crippen molar-refractivity contribution < 1.29 is 29.6 Å². The first kappa shape index (κ1) is 56.9. The number of hydrogen-bond donors (Lipinski definition) is 7. The van der Waals surface area contributed by atoms with Crippen LogP contribution in [0.5, 0.6) is 11.5 Å². The van der Waals surface area contributed by atoms with Crippen LogP contribution in [-0.2, 0) is 34.3 Å². The van der Waals surface area contributed by atoms with Crippen LogP contribution in [0, 0.1) is 41.4 Å². The molecule has 6 aromatic rings. The first-order valence-corrected chi connectivity index (χ1v) is 30.7. The quantitative estimate of drug-likeness (QED) is 0.0637. The Morgan fingerprint density at radius 1 is 0.805 bits per heavy atom. The van der Waals surface area contributed by atoms with Crippen LogP contribution in [0.25, 0.3) is 10.8 Å². The van der Waals surface area contributed by atoms with Crippen molar-refractivity contribution in [2.45, 2.75) is 146 Å². The van der Waals surface area contributed by atoms with Crippen molar-refractivity contribution >= 4 is 28.0 Å². The molecule has 0 unspecified atom stereocenters. The Morgan fingerprint density at radius 3 is 2.40 bits per heavy atom. The smallest absolute Gasteiger partial charge is 0.160 e. The summed E-state index contributed by atoms with van der Waals surface area (Å²) in [5, 5.41) is 49.8. The number of aromatic hydroxyl groups is 1. The molecule has 3 heterocycles. The van der Waals surface area contributed by atoms with E-state index in [0.717, 1.165) is 114 Å². The molecule has 2 fully saturated rings. The second-order valence-electron chi connectivity index (χ2n) is 24.9. The zero-order valence-electron chi connectivity index (χ0n) is 48.3. The topological polar surface area (TPSA) is 156 Å². The fraction of sp³-hybridized carbons (Fsp3) is 0.444. The molecule has 11 rings (SSSR count). The van der Waals surface area contributed by atoms with E-state index in [4.69, 9.17) is 4.74 Å². The Balaban J connectivity index is 1.03. The number of aryl methyl sites for hydroxylation is 1. The van der Waals surface area contributed by atoms with Gasteiger partial charge in [0.2, 0.25) is 0 Å². The van der Waals surface area contributed by atoms with Crippen LogP contribution >= 0.6 is 0 Å². The van der Waals surface area contributed by atoms with Crippen LogP contribution in [0.15, 0.2) is 139 Å². The minimum absolute atomic E-state index is 0.0197. The third kappa shape index (κ3) is 12.8. The summed E-state index contributed by atoms with van der Waals surface area (Å²) in [6, 6.07) is 37.8. The fourth-order valence-corrected chi connectivity index (χ4v) is 14.9. The van der Waals surface area contributed by atoms with Crippen molar-refractivity contribution in [2.24, 2.45) is 29.6 Å². The van der Waals surface area contributed by atoms with E-state index in [1.165, 1.54) is 29.4 Å². The number of aliphatic hydroxyl groups is 2. The van der Waals surface area contributed by atoms with E-state index in [1.807, 2.05) is 24.3 Å². The van der Waals surface area contributed by atoms with E-state index in [2.05, 4.69) is 144 Å². The highest BCUT2D eigenvalue weighted by Crippen LogP contribution is 2.51. The Kier molecular flexibility index (Phi) is 17.9. The number of benzene rings is 5. The van der Waals surface area contributed by atoms with E-state index in [0.29, 0.717) is 51.1 Å². The van der Waals surface area contributed by atoms with Gasteiger partial charge in [0.25, 0.3) is 0 Å². The number of dihydropyridines is 1. The van der Waals surface area contributed by atoms with Gasteiger partial charge in [-0.05, 0) is 180 Å². The molecule has 1 spiro atoms. The van der Waals surface area contributed by atoms with Gasteiger partial charge in [0.1, 0.15) is 17.4 Å². The van der Waals surface area contributed by atoms with Crippen molar-refractivity contribution in [3.05, 3.63) is 184 Å². The Morgan fingerprint density at radius 2 is 1.61 bits per heavy atom. The number of H-pyrrole nitrogens is 1. The highest BCUT2D eigenvalue weighted by atomic mass is 16.5. The summed E-state index contributed by atoms with van der Waals surface area (Å²) in [4.78, 5) is 33.3. The third-order valence-electron chi connectivity index (χ3n) is 19.2. The molecular formula is C72H84N4O6. The molecule has 9 bridgehead atoms. The maximum Gasteiger partial charge on any atom is 0.160 e. The minimum atomic E-state index is -0.675. The second-order valence-corrected chi connectivity index (χ2v) is 24.9.